The molecule has 1 aromatic rings. The van der Waals surface area contributed by atoms with Crippen LogP contribution in [-0.2, 0) is 10.0 Å². The van der Waals surface area contributed by atoms with E-state index in [-0.39, 0.29) is 16.7 Å². The molecule has 0 heterocycles. The lowest BCUT2D eigenvalue weighted by atomic mass is 10.3. The molecule has 1 unspecified atom stereocenters. The van der Waals surface area contributed by atoms with Gasteiger partial charge in [-0.3, -0.25) is 0 Å². The quantitative estimate of drug-likeness (QED) is 0.795. The summed E-state index contributed by atoms with van der Waals surface area (Å²) >= 11 is 0. The Morgan fingerprint density at radius 3 is 2.47 bits per heavy atom. The van der Waals surface area contributed by atoms with Crippen molar-refractivity contribution < 1.29 is 13.5 Å². The smallest absolute Gasteiger partial charge is 0.240 e. The molecule has 0 fully saturated rings. The van der Waals surface area contributed by atoms with E-state index in [0.717, 1.165) is 13.1 Å². The van der Waals surface area contributed by atoms with Crippen molar-refractivity contribution in [3.05, 3.63) is 24.3 Å². The average molecular weight is 286 g/mol. The highest BCUT2D eigenvalue weighted by Crippen LogP contribution is 2.16. The summed E-state index contributed by atoms with van der Waals surface area (Å²) in [7, 11) is -3.58. The first kappa shape index (κ1) is 15.9. The standard InChI is InChI=1S/C13H22N2O3S/c1-4-15(5-2)10-11(3)14-19(17,18)13-8-6-7-12(16)9-13/h6-9,11,14,16H,4-5,10H2,1-3H3. The monoisotopic (exact) mass is 286 g/mol. The number of phenolic OH excluding ortho intramolecular Hbond substituents is 1. The van der Waals surface area contributed by atoms with Gasteiger partial charge in [0.25, 0.3) is 0 Å². The molecular formula is C13H22N2O3S. The van der Waals surface area contributed by atoms with Gasteiger partial charge < -0.3 is 10.0 Å². The van der Waals surface area contributed by atoms with Gasteiger partial charge in [0.15, 0.2) is 0 Å². The predicted molar refractivity (Wildman–Crippen MR) is 75.7 cm³/mol. The molecule has 0 aliphatic heterocycles. The van der Waals surface area contributed by atoms with Crippen LogP contribution in [-0.4, -0.2) is 44.1 Å². The van der Waals surface area contributed by atoms with Crippen LogP contribution in [0.3, 0.4) is 0 Å². The van der Waals surface area contributed by atoms with Crippen molar-refractivity contribution >= 4 is 10.0 Å². The van der Waals surface area contributed by atoms with Crippen molar-refractivity contribution in [3.63, 3.8) is 0 Å². The number of likely N-dealkylation sites (N-methyl/N-ethyl adjacent to an activating group) is 1. The van der Waals surface area contributed by atoms with E-state index in [4.69, 9.17) is 0 Å². The van der Waals surface area contributed by atoms with E-state index in [1.54, 1.807) is 0 Å². The molecule has 0 saturated heterocycles. The number of benzene rings is 1. The van der Waals surface area contributed by atoms with Gasteiger partial charge in [-0.15, -0.1) is 0 Å². The minimum atomic E-state index is -3.58. The number of phenols is 1. The molecule has 108 valence electrons. The topological polar surface area (TPSA) is 69.6 Å². The van der Waals surface area contributed by atoms with E-state index >= 15 is 0 Å². The van der Waals surface area contributed by atoms with Crippen LogP contribution >= 0.6 is 0 Å². The number of aromatic hydroxyl groups is 1. The van der Waals surface area contributed by atoms with Crippen molar-refractivity contribution in [2.45, 2.75) is 31.7 Å². The van der Waals surface area contributed by atoms with E-state index in [1.165, 1.54) is 24.3 Å². The maximum Gasteiger partial charge on any atom is 0.240 e. The first-order valence-electron chi connectivity index (χ1n) is 6.42. The molecule has 0 radical (unpaired) electrons. The van der Waals surface area contributed by atoms with Gasteiger partial charge >= 0.3 is 0 Å². The third-order valence-electron chi connectivity index (χ3n) is 2.91. The Labute approximate surface area is 115 Å². The first-order valence-corrected chi connectivity index (χ1v) is 7.91. The Morgan fingerprint density at radius 1 is 1.32 bits per heavy atom. The summed E-state index contributed by atoms with van der Waals surface area (Å²) in [5.41, 5.74) is 0. The fourth-order valence-electron chi connectivity index (χ4n) is 1.89. The second kappa shape index (κ2) is 6.88. The van der Waals surface area contributed by atoms with Crippen LogP contribution in [0.15, 0.2) is 29.2 Å². The third kappa shape index (κ3) is 4.81. The Hall–Kier alpha value is -1.11. The number of nitrogens with one attached hydrogen (secondary N) is 1. The normalized spacial score (nSPS) is 13.7. The minimum Gasteiger partial charge on any atom is -0.508 e. The van der Waals surface area contributed by atoms with Gasteiger partial charge in [0.2, 0.25) is 10.0 Å². The van der Waals surface area contributed by atoms with Gasteiger partial charge in [-0.25, -0.2) is 13.1 Å². The van der Waals surface area contributed by atoms with Gasteiger partial charge in [0, 0.05) is 12.6 Å². The number of hydrogen-bond acceptors (Lipinski definition) is 4. The highest BCUT2D eigenvalue weighted by molar-refractivity contribution is 7.89. The molecule has 5 nitrogen and oxygen atoms in total. The molecule has 6 heteroatoms. The van der Waals surface area contributed by atoms with Crippen LogP contribution in [0.4, 0.5) is 0 Å². The first-order chi connectivity index (χ1) is 8.89. The summed E-state index contributed by atoms with van der Waals surface area (Å²) in [5, 5.41) is 9.33. The molecule has 1 atom stereocenters. The maximum absolute atomic E-state index is 12.1. The van der Waals surface area contributed by atoms with E-state index in [1.807, 2.05) is 20.8 Å². The van der Waals surface area contributed by atoms with Crippen molar-refractivity contribution in [2.75, 3.05) is 19.6 Å². The largest absolute Gasteiger partial charge is 0.508 e. The van der Waals surface area contributed by atoms with Gasteiger partial charge in [0.1, 0.15) is 5.75 Å². The van der Waals surface area contributed by atoms with Crippen molar-refractivity contribution in [1.29, 1.82) is 0 Å². The molecule has 0 spiro atoms. The number of sulfonamides is 1. The lowest BCUT2D eigenvalue weighted by molar-refractivity contribution is 0.282. The van der Waals surface area contributed by atoms with Crippen LogP contribution in [0.25, 0.3) is 0 Å². The van der Waals surface area contributed by atoms with E-state index in [0.29, 0.717) is 6.54 Å². The molecule has 0 aliphatic carbocycles. The highest BCUT2D eigenvalue weighted by atomic mass is 32.2. The van der Waals surface area contributed by atoms with Crippen LogP contribution < -0.4 is 4.72 Å². The third-order valence-corrected chi connectivity index (χ3v) is 4.50. The van der Waals surface area contributed by atoms with Crippen LogP contribution in [0.1, 0.15) is 20.8 Å². The minimum absolute atomic E-state index is 0.0562. The van der Waals surface area contributed by atoms with Crippen molar-refractivity contribution in [1.82, 2.24) is 9.62 Å². The summed E-state index contributed by atoms with van der Waals surface area (Å²) in [6.07, 6.45) is 0. The molecule has 1 aromatic carbocycles. The zero-order chi connectivity index (χ0) is 14.5. The number of rotatable bonds is 7. The molecular weight excluding hydrogens is 264 g/mol. The summed E-state index contributed by atoms with van der Waals surface area (Å²) in [4.78, 5) is 2.23. The number of hydrogen-bond donors (Lipinski definition) is 2. The van der Waals surface area contributed by atoms with Crippen LogP contribution in [0, 0.1) is 0 Å². The molecule has 0 aliphatic rings. The lowest BCUT2D eigenvalue weighted by Crippen LogP contribution is -2.41. The Morgan fingerprint density at radius 2 is 1.95 bits per heavy atom. The maximum atomic E-state index is 12.1. The predicted octanol–water partition coefficient (Wildman–Crippen LogP) is 1.40. The van der Waals surface area contributed by atoms with Crippen molar-refractivity contribution in [3.8, 4) is 5.75 Å². The summed E-state index contributed by atoms with van der Waals surface area (Å²) in [6, 6.07) is 5.47. The van der Waals surface area contributed by atoms with Gasteiger partial charge in [-0.05, 0) is 38.2 Å². The highest BCUT2D eigenvalue weighted by Gasteiger charge is 2.18. The van der Waals surface area contributed by atoms with Gasteiger partial charge in [-0.1, -0.05) is 19.9 Å². The van der Waals surface area contributed by atoms with E-state index in [9.17, 15) is 13.5 Å². The molecule has 0 amide bonds. The SMILES string of the molecule is CCN(CC)CC(C)NS(=O)(=O)c1cccc(O)c1. The number of nitrogens with zero attached hydrogens (tertiary/aromatic N) is 1. The van der Waals surface area contributed by atoms with Crippen molar-refractivity contribution in [2.24, 2.45) is 0 Å². The molecule has 19 heavy (non-hydrogen) atoms. The fourth-order valence-corrected chi connectivity index (χ4v) is 3.16. The van der Waals surface area contributed by atoms with E-state index in [2.05, 4.69) is 9.62 Å². The average Bonchev–Trinajstić information content (AvgIpc) is 2.35. The van der Waals surface area contributed by atoms with Gasteiger partial charge in [0.05, 0.1) is 4.90 Å². The molecule has 0 aromatic heterocycles. The Bertz CT molecular complexity index is 498. The molecule has 0 bridgehead atoms. The zero-order valence-corrected chi connectivity index (χ0v) is 12.4. The molecule has 2 N–H and O–H groups in total. The molecule has 0 saturated carbocycles. The van der Waals surface area contributed by atoms with Crippen LogP contribution in [0.2, 0.25) is 0 Å². The summed E-state index contributed by atoms with van der Waals surface area (Å²) < 4.78 is 26.8. The molecule has 1 rings (SSSR count). The summed E-state index contributed by atoms with van der Waals surface area (Å²) in [6.45, 7) is 8.34. The van der Waals surface area contributed by atoms with E-state index < -0.39 is 10.0 Å². The van der Waals surface area contributed by atoms with Crippen LogP contribution in [0.5, 0.6) is 5.75 Å². The zero-order valence-electron chi connectivity index (χ0n) is 11.6. The lowest BCUT2D eigenvalue weighted by Gasteiger charge is -2.23. The summed E-state index contributed by atoms with van der Waals surface area (Å²) in [5.74, 6) is -0.0562. The Balaban J connectivity index is 2.74. The second-order valence-electron chi connectivity index (χ2n) is 4.51. The Kier molecular flexibility index (Phi) is 5.78. The second-order valence-corrected chi connectivity index (χ2v) is 6.22. The fraction of sp³-hybridized carbons (Fsp3) is 0.538. The van der Waals surface area contributed by atoms with Gasteiger partial charge in [-0.2, -0.15) is 0 Å².